The molecular formula is C24H26N6O. The zero-order chi connectivity index (χ0) is 21.4. The third-order valence-electron chi connectivity index (χ3n) is 6.15. The number of anilines is 2. The summed E-state index contributed by atoms with van der Waals surface area (Å²) in [7, 11) is 0. The average molecular weight is 415 g/mol. The Balaban J connectivity index is 1.36. The van der Waals surface area contributed by atoms with Crippen molar-refractivity contribution in [1.29, 1.82) is 5.41 Å². The molecule has 3 atom stereocenters. The molecule has 2 fully saturated rings. The number of ether oxygens (including phenoxy) is 1. The van der Waals surface area contributed by atoms with E-state index >= 15 is 0 Å². The van der Waals surface area contributed by atoms with Crippen LogP contribution >= 0.6 is 0 Å². The first-order valence-corrected chi connectivity index (χ1v) is 10.6. The molecule has 1 aliphatic heterocycles. The fourth-order valence-corrected chi connectivity index (χ4v) is 4.59. The Kier molecular flexibility index (Phi) is 5.03. The van der Waals surface area contributed by atoms with E-state index in [0.717, 1.165) is 29.8 Å². The number of nitrogens with one attached hydrogen (secondary N) is 3. The smallest absolute Gasteiger partial charge is 0.141 e. The Bertz CT molecular complexity index is 1110. The van der Waals surface area contributed by atoms with Crippen molar-refractivity contribution in [3.63, 3.8) is 0 Å². The Labute approximate surface area is 181 Å². The topological polar surface area (TPSA) is 109 Å². The Morgan fingerprint density at radius 1 is 1.13 bits per heavy atom. The predicted octanol–water partition coefficient (Wildman–Crippen LogP) is 3.74. The fraction of sp³-hybridized carbons (Fsp3) is 0.292. The van der Waals surface area contributed by atoms with E-state index in [1.54, 1.807) is 0 Å². The molecular weight excluding hydrogens is 388 g/mol. The van der Waals surface area contributed by atoms with Gasteiger partial charge >= 0.3 is 0 Å². The van der Waals surface area contributed by atoms with Gasteiger partial charge in [0.2, 0.25) is 0 Å². The van der Waals surface area contributed by atoms with Crippen molar-refractivity contribution < 1.29 is 4.74 Å². The molecule has 1 saturated heterocycles. The highest BCUT2D eigenvalue weighted by atomic mass is 16.5. The van der Waals surface area contributed by atoms with Crippen LogP contribution in [0, 0.1) is 18.3 Å². The van der Waals surface area contributed by atoms with E-state index in [-0.39, 0.29) is 0 Å². The molecule has 7 heteroatoms. The molecule has 1 aromatic heterocycles. The minimum atomic E-state index is 0.291. The van der Waals surface area contributed by atoms with Crippen LogP contribution in [0.1, 0.15) is 29.5 Å². The molecule has 7 nitrogen and oxygen atoms in total. The summed E-state index contributed by atoms with van der Waals surface area (Å²) in [5.41, 5.74) is 8.88. The number of rotatable bonds is 6. The van der Waals surface area contributed by atoms with Crippen LogP contribution in [0.2, 0.25) is 0 Å². The monoisotopic (exact) mass is 414 g/mol. The summed E-state index contributed by atoms with van der Waals surface area (Å²) >= 11 is 0. The van der Waals surface area contributed by atoms with Crippen LogP contribution in [0.4, 0.5) is 11.6 Å². The fourth-order valence-electron chi connectivity index (χ4n) is 4.59. The summed E-state index contributed by atoms with van der Waals surface area (Å²) < 4.78 is 5.92. The van der Waals surface area contributed by atoms with Gasteiger partial charge in [0.15, 0.2) is 0 Å². The summed E-state index contributed by atoms with van der Waals surface area (Å²) in [6.07, 6.45) is 3.75. The highest BCUT2D eigenvalue weighted by molar-refractivity contribution is 6.16. The van der Waals surface area contributed by atoms with Gasteiger partial charge in [0, 0.05) is 17.6 Å². The minimum Gasteiger partial charge on any atom is -0.457 e. The van der Waals surface area contributed by atoms with Gasteiger partial charge in [-0.2, -0.15) is 0 Å². The summed E-state index contributed by atoms with van der Waals surface area (Å²) in [6.45, 7) is 3.12. The van der Waals surface area contributed by atoms with Crippen LogP contribution in [-0.4, -0.2) is 34.3 Å². The van der Waals surface area contributed by atoms with E-state index in [1.165, 1.54) is 12.7 Å². The van der Waals surface area contributed by atoms with Crippen LogP contribution in [0.3, 0.4) is 0 Å². The van der Waals surface area contributed by atoms with Gasteiger partial charge in [0.25, 0.3) is 0 Å². The van der Waals surface area contributed by atoms with Crippen molar-refractivity contribution in [2.75, 3.05) is 17.6 Å². The number of aryl methyl sites for hydroxylation is 1. The molecule has 2 aliphatic rings. The third-order valence-corrected chi connectivity index (χ3v) is 6.15. The van der Waals surface area contributed by atoms with Gasteiger partial charge in [-0.15, -0.1) is 0 Å². The van der Waals surface area contributed by atoms with Gasteiger partial charge in [-0.25, -0.2) is 9.97 Å². The lowest BCUT2D eigenvalue weighted by Crippen LogP contribution is -2.41. The molecule has 158 valence electrons. The van der Waals surface area contributed by atoms with Gasteiger partial charge in [-0.05, 0) is 74.2 Å². The number of benzene rings is 2. The Morgan fingerprint density at radius 2 is 1.97 bits per heavy atom. The summed E-state index contributed by atoms with van der Waals surface area (Å²) in [5, 5.41) is 15.9. The zero-order valence-corrected chi connectivity index (χ0v) is 17.4. The Hall–Kier alpha value is -3.45. The quantitative estimate of drug-likeness (QED) is 0.458. The second-order valence-corrected chi connectivity index (χ2v) is 8.40. The van der Waals surface area contributed by atoms with Crippen molar-refractivity contribution >= 4 is 17.3 Å². The first kappa shape index (κ1) is 19.5. The van der Waals surface area contributed by atoms with Gasteiger partial charge in [0.05, 0.1) is 11.3 Å². The van der Waals surface area contributed by atoms with Crippen LogP contribution < -0.4 is 21.1 Å². The number of hydrogen-bond donors (Lipinski definition) is 4. The van der Waals surface area contributed by atoms with E-state index in [2.05, 4.69) is 20.6 Å². The number of nitrogens with zero attached hydrogens (tertiary/aromatic N) is 2. The van der Waals surface area contributed by atoms with Crippen LogP contribution in [-0.2, 0) is 0 Å². The normalized spacial score (nSPS) is 21.8. The summed E-state index contributed by atoms with van der Waals surface area (Å²) in [4.78, 5) is 8.56. The Morgan fingerprint density at radius 3 is 2.68 bits per heavy atom. The highest BCUT2D eigenvalue weighted by Crippen LogP contribution is 2.34. The molecule has 0 spiro atoms. The largest absolute Gasteiger partial charge is 0.457 e. The van der Waals surface area contributed by atoms with E-state index in [1.807, 2.05) is 55.5 Å². The molecule has 0 amide bonds. The first-order chi connectivity index (χ1) is 15.1. The summed E-state index contributed by atoms with van der Waals surface area (Å²) in [6, 6.07) is 16.1. The van der Waals surface area contributed by atoms with E-state index in [9.17, 15) is 0 Å². The third kappa shape index (κ3) is 3.96. The standard InChI is InChI=1S/C24H26N6O/c1-14-3-2-4-18(9-14)31-17-7-5-16(6-8-17)22(25)21-23(26)28-13-29-24(21)30-20-11-15-10-19(20)27-12-15/h2-9,13,15,19-20,25,27H,10-12H2,1H3,(H3,26,28,29,30). The van der Waals surface area contributed by atoms with Gasteiger partial charge < -0.3 is 21.1 Å². The lowest BCUT2D eigenvalue weighted by molar-refractivity contribution is 0.465. The molecule has 0 radical (unpaired) electrons. The highest BCUT2D eigenvalue weighted by Gasteiger charge is 2.39. The lowest BCUT2D eigenvalue weighted by atomic mass is 10.0. The van der Waals surface area contributed by atoms with Crippen molar-refractivity contribution in [3.05, 3.63) is 71.5 Å². The van der Waals surface area contributed by atoms with Crippen molar-refractivity contribution in [1.82, 2.24) is 15.3 Å². The molecule has 1 saturated carbocycles. The number of aromatic nitrogens is 2. The van der Waals surface area contributed by atoms with Crippen molar-refractivity contribution in [3.8, 4) is 11.5 Å². The molecule has 2 aromatic carbocycles. The number of nitrogens with two attached hydrogens (primary N) is 1. The van der Waals surface area contributed by atoms with Gasteiger partial charge in [0.1, 0.15) is 29.5 Å². The number of piperidine rings is 1. The second-order valence-electron chi connectivity index (χ2n) is 8.40. The maximum atomic E-state index is 8.79. The molecule has 2 bridgehead atoms. The first-order valence-electron chi connectivity index (χ1n) is 10.6. The maximum Gasteiger partial charge on any atom is 0.141 e. The molecule has 31 heavy (non-hydrogen) atoms. The molecule has 3 unspecified atom stereocenters. The van der Waals surface area contributed by atoms with Gasteiger partial charge in [-0.3, -0.25) is 5.41 Å². The van der Waals surface area contributed by atoms with Crippen LogP contribution in [0.15, 0.2) is 54.9 Å². The molecule has 3 aromatic rings. The van der Waals surface area contributed by atoms with Gasteiger partial charge in [-0.1, -0.05) is 12.1 Å². The van der Waals surface area contributed by atoms with Crippen molar-refractivity contribution in [2.45, 2.75) is 31.8 Å². The maximum absolute atomic E-state index is 8.79. The predicted molar refractivity (Wildman–Crippen MR) is 122 cm³/mol. The molecule has 2 heterocycles. The van der Waals surface area contributed by atoms with Crippen LogP contribution in [0.25, 0.3) is 0 Å². The van der Waals surface area contributed by atoms with E-state index in [0.29, 0.717) is 46.7 Å². The molecule has 5 N–H and O–H groups in total. The van der Waals surface area contributed by atoms with E-state index in [4.69, 9.17) is 15.9 Å². The summed E-state index contributed by atoms with van der Waals surface area (Å²) in [5.74, 6) is 3.14. The number of hydrogen-bond acceptors (Lipinski definition) is 7. The zero-order valence-electron chi connectivity index (χ0n) is 17.4. The number of nitrogen functional groups attached to an aromatic ring is 1. The minimum absolute atomic E-state index is 0.291. The molecule has 5 rings (SSSR count). The molecule has 1 aliphatic carbocycles. The van der Waals surface area contributed by atoms with E-state index < -0.39 is 0 Å². The number of fused-ring (bicyclic) bond motifs is 2. The van der Waals surface area contributed by atoms with Crippen LogP contribution in [0.5, 0.6) is 11.5 Å². The SMILES string of the molecule is Cc1cccc(Oc2ccc(C(=N)c3c(N)ncnc3NC3CC4CNC3C4)cc2)c1. The average Bonchev–Trinajstić information content (AvgIpc) is 3.37. The lowest BCUT2D eigenvalue weighted by Gasteiger charge is -2.25. The second kappa shape index (κ2) is 8.00. The van der Waals surface area contributed by atoms with Crippen molar-refractivity contribution in [2.24, 2.45) is 5.92 Å².